The zero-order chi connectivity index (χ0) is 15.3. The summed E-state index contributed by atoms with van der Waals surface area (Å²) in [5.74, 6) is 3.68. The highest BCUT2D eigenvalue weighted by molar-refractivity contribution is 8.07. The van der Waals surface area contributed by atoms with Crippen LogP contribution in [0.2, 0.25) is 0 Å². The van der Waals surface area contributed by atoms with Crippen LogP contribution in [0.25, 0.3) is 0 Å². The normalized spacial score (nSPS) is 66.0. The SMILES string of the molecule is C[C@@]12C[C@@H]3S[C@@H]3C[C@H]1CC[C@H]1[C@H]2CC[C@]2(C)[C@@H]1CC[C@@]2(C)O. The molecule has 5 rings (SSSR count). The maximum Gasteiger partial charge on any atom is 0.0675 e. The van der Waals surface area contributed by atoms with Crippen molar-refractivity contribution in [3.05, 3.63) is 0 Å². The number of hydrogen-bond acceptors (Lipinski definition) is 2. The second-order valence-corrected chi connectivity index (χ2v) is 11.6. The molecule has 1 nitrogen and oxygen atoms in total. The van der Waals surface area contributed by atoms with Crippen molar-refractivity contribution < 1.29 is 5.11 Å². The summed E-state index contributed by atoms with van der Waals surface area (Å²) in [5, 5.41) is 13.0. The molecular weight excluding hydrogens is 288 g/mol. The third kappa shape index (κ3) is 1.67. The van der Waals surface area contributed by atoms with Crippen LogP contribution < -0.4 is 0 Å². The molecule has 0 bridgehead atoms. The Balaban J connectivity index is 1.48. The lowest BCUT2D eigenvalue weighted by Crippen LogP contribution is -2.56. The highest BCUT2D eigenvalue weighted by Gasteiger charge is 2.65. The fraction of sp³-hybridized carbons (Fsp3) is 1.00. The summed E-state index contributed by atoms with van der Waals surface area (Å²) < 4.78 is 0. The predicted molar refractivity (Wildman–Crippen MR) is 92.9 cm³/mol. The van der Waals surface area contributed by atoms with Crippen LogP contribution in [0.4, 0.5) is 0 Å². The number of hydrogen-bond donors (Lipinski definition) is 1. The molecule has 0 radical (unpaired) electrons. The number of aliphatic hydroxyl groups is 1. The van der Waals surface area contributed by atoms with Gasteiger partial charge in [0.1, 0.15) is 0 Å². The van der Waals surface area contributed by atoms with E-state index in [4.69, 9.17) is 0 Å². The molecule has 5 fully saturated rings. The van der Waals surface area contributed by atoms with Gasteiger partial charge in [-0.2, -0.15) is 11.8 Å². The largest absolute Gasteiger partial charge is 0.390 e. The molecule has 0 amide bonds. The minimum atomic E-state index is -0.412. The molecule has 1 heterocycles. The average molecular weight is 321 g/mol. The molecule has 9 atom stereocenters. The van der Waals surface area contributed by atoms with Crippen molar-refractivity contribution in [1.82, 2.24) is 0 Å². The number of rotatable bonds is 0. The van der Waals surface area contributed by atoms with E-state index >= 15 is 0 Å². The summed E-state index contributed by atoms with van der Waals surface area (Å²) in [6.45, 7) is 7.22. The monoisotopic (exact) mass is 320 g/mol. The van der Waals surface area contributed by atoms with Crippen LogP contribution in [0, 0.1) is 34.5 Å². The van der Waals surface area contributed by atoms with Crippen LogP contribution in [0.15, 0.2) is 0 Å². The summed E-state index contributed by atoms with van der Waals surface area (Å²) in [7, 11) is 0. The topological polar surface area (TPSA) is 20.2 Å². The van der Waals surface area contributed by atoms with E-state index in [1.165, 1.54) is 44.9 Å². The average Bonchev–Trinajstić information content (AvgIpc) is 3.14. The molecule has 2 heteroatoms. The molecule has 0 spiro atoms. The molecule has 22 heavy (non-hydrogen) atoms. The third-order valence-electron chi connectivity index (χ3n) is 9.47. The predicted octanol–water partition coefficient (Wildman–Crippen LogP) is 4.87. The summed E-state index contributed by atoms with van der Waals surface area (Å²) in [5.41, 5.74) is 0.413. The summed E-state index contributed by atoms with van der Waals surface area (Å²) >= 11 is 2.28. The number of thioether (sulfide) groups is 1. The lowest BCUT2D eigenvalue weighted by molar-refractivity contribution is -0.143. The smallest absolute Gasteiger partial charge is 0.0675 e. The van der Waals surface area contributed by atoms with Crippen molar-refractivity contribution in [2.75, 3.05) is 0 Å². The lowest BCUT2D eigenvalue weighted by atomic mass is 9.44. The van der Waals surface area contributed by atoms with E-state index in [1.807, 2.05) is 0 Å². The van der Waals surface area contributed by atoms with E-state index in [-0.39, 0.29) is 5.41 Å². The van der Waals surface area contributed by atoms with Gasteiger partial charge >= 0.3 is 0 Å². The molecule has 4 aliphatic carbocycles. The van der Waals surface area contributed by atoms with E-state index in [0.29, 0.717) is 5.41 Å². The first kappa shape index (κ1) is 14.6. The van der Waals surface area contributed by atoms with Gasteiger partial charge in [0.05, 0.1) is 5.60 Å². The molecule has 0 aromatic rings. The van der Waals surface area contributed by atoms with Crippen molar-refractivity contribution in [3.8, 4) is 0 Å². The minimum absolute atomic E-state index is 0.197. The Bertz CT molecular complexity index is 502. The van der Waals surface area contributed by atoms with E-state index in [9.17, 15) is 5.11 Å². The molecular formula is C20H32OS. The Labute approximate surface area is 140 Å². The van der Waals surface area contributed by atoms with Crippen LogP contribution in [-0.2, 0) is 0 Å². The molecule has 0 aromatic carbocycles. The second kappa shape index (κ2) is 4.28. The van der Waals surface area contributed by atoms with Gasteiger partial charge in [-0.1, -0.05) is 13.8 Å². The highest BCUT2D eigenvalue weighted by Crippen LogP contribution is 2.71. The summed E-state index contributed by atoms with van der Waals surface area (Å²) in [6.07, 6.45) is 11.0. The minimum Gasteiger partial charge on any atom is -0.390 e. The van der Waals surface area contributed by atoms with Crippen molar-refractivity contribution in [1.29, 1.82) is 0 Å². The first-order valence-corrected chi connectivity index (χ1v) is 10.7. The Kier molecular flexibility index (Phi) is 2.85. The quantitative estimate of drug-likeness (QED) is 0.642. The molecule has 1 aliphatic heterocycles. The zero-order valence-electron chi connectivity index (χ0n) is 14.5. The molecule has 124 valence electrons. The van der Waals surface area contributed by atoms with E-state index in [0.717, 1.165) is 40.6 Å². The van der Waals surface area contributed by atoms with Gasteiger partial charge in [0, 0.05) is 10.5 Å². The van der Waals surface area contributed by atoms with Crippen LogP contribution in [0.5, 0.6) is 0 Å². The van der Waals surface area contributed by atoms with Crippen molar-refractivity contribution >= 4 is 11.8 Å². The fourth-order valence-corrected chi connectivity index (χ4v) is 9.13. The van der Waals surface area contributed by atoms with Gasteiger partial charge in [-0.3, -0.25) is 0 Å². The van der Waals surface area contributed by atoms with Crippen LogP contribution in [0.1, 0.15) is 72.1 Å². The third-order valence-corrected chi connectivity index (χ3v) is 10.9. The van der Waals surface area contributed by atoms with Gasteiger partial charge in [0.15, 0.2) is 0 Å². The molecule has 1 saturated heterocycles. The Morgan fingerprint density at radius 1 is 0.909 bits per heavy atom. The molecule has 0 aromatic heterocycles. The van der Waals surface area contributed by atoms with Crippen molar-refractivity contribution in [2.24, 2.45) is 34.5 Å². The summed E-state index contributed by atoms with van der Waals surface area (Å²) in [4.78, 5) is 0. The summed E-state index contributed by atoms with van der Waals surface area (Å²) in [6, 6.07) is 0. The maximum absolute atomic E-state index is 11.0. The number of fused-ring (bicyclic) bond motifs is 6. The lowest BCUT2D eigenvalue weighted by Gasteiger charge is -2.60. The van der Waals surface area contributed by atoms with Crippen LogP contribution in [0.3, 0.4) is 0 Å². The van der Waals surface area contributed by atoms with Gasteiger partial charge < -0.3 is 5.11 Å². The van der Waals surface area contributed by atoms with Crippen LogP contribution >= 0.6 is 11.8 Å². The Morgan fingerprint density at radius 2 is 1.68 bits per heavy atom. The first-order chi connectivity index (χ1) is 10.4. The van der Waals surface area contributed by atoms with E-state index in [1.54, 1.807) is 0 Å². The molecule has 0 unspecified atom stereocenters. The second-order valence-electron chi connectivity index (χ2n) is 10.1. The van der Waals surface area contributed by atoms with Gasteiger partial charge in [-0.25, -0.2) is 0 Å². The Hall–Kier alpha value is 0.310. The van der Waals surface area contributed by atoms with Gasteiger partial charge in [0.2, 0.25) is 0 Å². The van der Waals surface area contributed by atoms with Gasteiger partial charge in [-0.15, -0.1) is 0 Å². The molecule has 4 saturated carbocycles. The molecule has 1 N–H and O–H groups in total. The Morgan fingerprint density at radius 3 is 2.50 bits per heavy atom. The van der Waals surface area contributed by atoms with Crippen LogP contribution in [-0.4, -0.2) is 21.2 Å². The molecule has 5 aliphatic rings. The van der Waals surface area contributed by atoms with Crippen molar-refractivity contribution in [3.63, 3.8) is 0 Å². The zero-order valence-corrected chi connectivity index (χ0v) is 15.3. The van der Waals surface area contributed by atoms with E-state index < -0.39 is 5.60 Å². The maximum atomic E-state index is 11.0. The highest BCUT2D eigenvalue weighted by atomic mass is 32.2. The van der Waals surface area contributed by atoms with Crippen molar-refractivity contribution in [2.45, 2.75) is 88.2 Å². The van der Waals surface area contributed by atoms with Gasteiger partial charge in [0.25, 0.3) is 0 Å². The fourth-order valence-electron chi connectivity index (χ4n) is 7.76. The van der Waals surface area contributed by atoms with E-state index in [2.05, 4.69) is 32.5 Å². The van der Waals surface area contributed by atoms with Gasteiger partial charge in [-0.05, 0) is 92.8 Å². The standard InChI is InChI=1S/C20H32OS/c1-18-11-17-16(22-17)10-12(18)4-5-13-14(18)6-8-19(2)15(13)7-9-20(19,3)21/h12-17,21H,4-11H2,1-3H3/t12-,13+,14-,15-,16-,17+,18-,19-,20-/m1/s1. The first-order valence-electron chi connectivity index (χ1n) is 9.73.